The Morgan fingerprint density at radius 3 is 2.51 bits per heavy atom. The molecule has 3 aromatic rings. The van der Waals surface area contributed by atoms with E-state index in [4.69, 9.17) is 9.84 Å². The first-order valence-electron chi connectivity index (χ1n) is 11.9. The van der Waals surface area contributed by atoms with E-state index in [9.17, 15) is 4.79 Å². The van der Waals surface area contributed by atoms with Crippen molar-refractivity contribution in [2.75, 3.05) is 45.7 Å². The second-order valence-electron chi connectivity index (χ2n) is 7.91. The molecule has 1 saturated heterocycles. The lowest BCUT2D eigenvalue weighted by Crippen LogP contribution is -2.34. The summed E-state index contributed by atoms with van der Waals surface area (Å²) in [5, 5.41) is 17.0. The minimum absolute atomic E-state index is 0.236. The zero-order valence-electron chi connectivity index (χ0n) is 22.5. The number of nitrogens with one attached hydrogen (secondary N) is 3. The molecule has 1 atom stereocenters. The monoisotopic (exact) mass is 508 g/mol. The Labute approximate surface area is 220 Å². The quantitative estimate of drug-likeness (QED) is 0.244. The number of rotatable bonds is 8. The first kappa shape index (κ1) is 31.1. The summed E-state index contributed by atoms with van der Waals surface area (Å²) in [5.41, 5.74) is 7.29. The number of nitrogens with zero attached hydrogens (tertiary/aromatic N) is 5. The van der Waals surface area contributed by atoms with Gasteiger partial charge in [0.2, 0.25) is 6.41 Å². The molecule has 3 heterocycles. The molecule has 0 aliphatic carbocycles. The summed E-state index contributed by atoms with van der Waals surface area (Å²) in [6.45, 7) is 10.5. The maximum absolute atomic E-state index is 10.1. The van der Waals surface area contributed by atoms with Crippen molar-refractivity contribution < 1.29 is 9.53 Å². The zero-order valence-corrected chi connectivity index (χ0v) is 22.5. The third kappa shape index (κ3) is 9.57. The molecule has 0 unspecified atom stereocenters. The number of aromatic nitrogens is 4. The minimum Gasteiger partial charge on any atom is -0.383 e. The van der Waals surface area contributed by atoms with Gasteiger partial charge in [-0.15, -0.1) is 19.4 Å². The molecule has 1 fully saturated rings. The van der Waals surface area contributed by atoms with E-state index in [0.717, 1.165) is 54.4 Å². The lowest BCUT2D eigenvalue weighted by atomic mass is 10.1. The summed E-state index contributed by atoms with van der Waals surface area (Å²) in [4.78, 5) is 10.1. The number of carbonyl (C=O) groups is 1. The number of benzene rings is 1. The lowest BCUT2D eigenvalue weighted by molar-refractivity contribution is -0.110. The molecule has 200 valence electrons. The molecule has 2 aromatic heterocycles. The maximum atomic E-state index is 10.1. The largest absolute Gasteiger partial charge is 0.383 e. The van der Waals surface area contributed by atoms with Crippen LogP contribution in [0.25, 0.3) is 16.9 Å². The number of ether oxygens (including phenoxy) is 1. The average molecular weight is 509 g/mol. The standard InChI is InChI=1S/C15H17N5.C7H15N3O2.C3H6.C2H2/c1-11-14(12-9-17-19(3)10-12)18-20(15(11)16-2)13-7-5-4-6-8-13;1-12-3-2-10-5-7(4-9-10)8-6-11;1-3-2;1-2/h4-10,16H,1-3H3;6-7,9H,2-5H2,1H3,(H,8,11);3H,1H2,2H3;1-2H/t;7-;;/m.0../s1. The van der Waals surface area contributed by atoms with Crippen LogP contribution in [0.2, 0.25) is 0 Å². The number of amides is 1. The molecule has 4 rings (SSSR count). The van der Waals surface area contributed by atoms with Crippen molar-refractivity contribution in [3.05, 3.63) is 60.9 Å². The molecule has 0 bridgehead atoms. The highest BCUT2D eigenvalue weighted by atomic mass is 16.5. The first-order chi connectivity index (χ1) is 18.0. The van der Waals surface area contributed by atoms with Crippen LogP contribution >= 0.6 is 0 Å². The normalized spacial score (nSPS) is 14.1. The smallest absolute Gasteiger partial charge is 0.207 e. The van der Waals surface area contributed by atoms with E-state index in [1.807, 2.05) is 73.4 Å². The second-order valence-corrected chi connectivity index (χ2v) is 7.91. The fourth-order valence-corrected chi connectivity index (χ4v) is 3.58. The van der Waals surface area contributed by atoms with E-state index in [1.54, 1.807) is 17.9 Å². The fraction of sp³-hybridized carbons (Fsp3) is 0.370. The number of hydrazine groups is 1. The van der Waals surface area contributed by atoms with Gasteiger partial charge in [-0.25, -0.2) is 9.69 Å². The first-order valence-corrected chi connectivity index (χ1v) is 11.9. The van der Waals surface area contributed by atoms with Crippen LogP contribution < -0.4 is 16.1 Å². The van der Waals surface area contributed by atoms with Crippen molar-refractivity contribution in [2.24, 2.45) is 7.05 Å². The molecule has 1 amide bonds. The third-order valence-corrected chi connectivity index (χ3v) is 5.21. The van der Waals surface area contributed by atoms with Gasteiger partial charge in [-0.2, -0.15) is 10.2 Å². The number of allylic oxidation sites excluding steroid dienone is 1. The van der Waals surface area contributed by atoms with Crippen molar-refractivity contribution in [2.45, 2.75) is 19.9 Å². The Kier molecular flexibility index (Phi) is 14.7. The van der Waals surface area contributed by atoms with Crippen LogP contribution in [-0.2, 0) is 16.6 Å². The third-order valence-electron chi connectivity index (χ3n) is 5.21. The number of carbonyl (C=O) groups excluding carboxylic acids is 1. The van der Waals surface area contributed by atoms with Crippen LogP contribution in [0.1, 0.15) is 12.5 Å². The van der Waals surface area contributed by atoms with Crippen LogP contribution in [0, 0.1) is 19.8 Å². The molecule has 0 spiro atoms. The summed E-state index contributed by atoms with van der Waals surface area (Å²) in [7, 11) is 5.50. The van der Waals surface area contributed by atoms with Gasteiger partial charge in [-0.3, -0.25) is 14.9 Å². The number of para-hydroxylation sites is 1. The lowest BCUT2D eigenvalue weighted by Gasteiger charge is -2.14. The van der Waals surface area contributed by atoms with Crippen LogP contribution in [0.3, 0.4) is 0 Å². The SMILES string of the molecule is C#C.C=CC.CNc1c(C)c(-c2cnn(C)c2)nn1-c1ccccc1.COCCN1C[C@@H](NC=O)CN1. The molecule has 3 N–H and O–H groups in total. The minimum atomic E-state index is 0.236. The van der Waals surface area contributed by atoms with E-state index in [2.05, 4.69) is 47.5 Å². The number of aryl methyl sites for hydroxylation is 1. The molecular formula is C27H40N8O2. The summed E-state index contributed by atoms with van der Waals surface area (Å²) < 4.78 is 8.64. The van der Waals surface area contributed by atoms with Gasteiger partial charge in [0.1, 0.15) is 11.5 Å². The van der Waals surface area contributed by atoms with Gasteiger partial charge in [-0.05, 0) is 26.0 Å². The van der Waals surface area contributed by atoms with Gasteiger partial charge in [-0.1, -0.05) is 24.3 Å². The van der Waals surface area contributed by atoms with Crippen molar-refractivity contribution in [3.63, 3.8) is 0 Å². The van der Waals surface area contributed by atoms with Crippen LogP contribution in [0.15, 0.2) is 55.4 Å². The predicted molar refractivity (Wildman–Crippen MR) is 150 cm³/mol. The maximum Gasteiger partial charge on any atom is 0.207 e. The molecule has 0 radical (unpaired) electrons. The van der Waals surface area contributed by atoms with Gasteiger partial charge >= 0.3 is 0 Å². The van der Waals surface area contributed by atoms with Crippen LogP contribution in [-0.4, -0.2) is 77.4 Å². The molecule has 10 heteroatoms. The molecule has 0 saturated carbocycles. The van der Waals surface area contributed by atoms with Crippen LogP contribution in [0.5, 0.6) is 0 Å². The van der Waals surface area contributed by atoms with Gasteiger partial charge in [0.05, 0.1) is 24.5 Å². The number of anilines is 1. The summed E-state index contributed by atoms with van der Waals surface area (Å²) in [6.07, 6.45) is 14.3. The highest BCUT2D eigenvalue weighted by molar-refractivity contribution is 5.69. The molecule has 1 aliphatic rings. The van der Waals surface area contributed by atoms with E-state index < -0.39 is 0 Å². The number of terminal acetylenes is 1. The van der Waals surface area contributed by atoms with Gasteiger partial charge < -0.3 is 15.4 Å². The summed E-state index contributed by atoms with van der Waals surface area (Å²) >= 11 is 0. The highest BCUT2D eigenvalue weighted by Crippen LogP contribution is 2.29. The molecule has 1 aliphatic heterocycles. The molecule has 1 aromatic carbocycles. The number of methoxy groups -OCH3 is 1. The zero-order chi connectivity index (χ0) is 27.6. The number of hydrogen-bond donors (Lipinski definition) is 3. The summed E-state index contributed by atoms with van der Waals surface area (Å²) in [5.74, 6) is 0.995. The highest BCUT2D eigenvalue weighted by Gasteiger charge is 2.20. The topological polar surface area (TPSA) is 101 Å². The predicted octanol–water partition coefficient (Wildman–Crippen LogP) is 2.63. The van der Waals surface area contributed by atoms with E-state index >= 15 is 0 Å². The number of hydrogen-bond acceptors (Lipinski definition) is 7. The Hall–Kier alpha value is -3.91. The van der Waals surface area contributed by atoms with E-state index in [1.165, 1.54) is 0 Å². The summed E-state index contributed by atoms with van der Waals surface area (Å²) in [6, 6.07) is 10.3. The van der Waals surface area contributed by atoms with Crippen molar-refractivity contribution in [3.8, 4) is 29.8 Å². The van der Waals surface area contributed by atoms with Gasteiger partial charge in [0.25, 0.3) is 0 Å². The van der Waals surface area contributed by atoms with Crippen molar-refractivity contribution >= 4 is 12.2 Å². The van der Waals surface area contributed by atoms with Gasteiger partial charge in [0.15, 0.2) is 0 Å². The van der Waals surface area contributed by atoms with Gasteiger partial charge in [0, 0.05) is 58.2 Å². The Balaban J connectivity index is 0.000000344. The Morgan fingerprint density at radius 1 is 1.30 bits per heavy atom. The Bertz CT molecular complexity index is 1070. The fourth-order valence-electron chi connectivity index (χ4n) is 3.58. The average Bonchev–Trinajstić information content (AvgIpc) is 3.64. The molecule has 10 nitrogen and oxygen atoms in total. The van der Waals surface area contributed by atoms with Crippen LogP contribution in [0.4, 0.5) is 5.82 Å². The Morgan fingerprint density at radius 2 is 1.97 bits per heavy atom. The molecular weight excluding hydrogens is 468 g/mol. The van der Waals surface area contributed by atoms with Crippen molar-refractivity contribution in [1.29, 1.82) is 0 Å². The van der Waals surface area contributed by atoms with E-state index in [0.29, 0.717) is 6.61 Å². The second kappa shape index (κ2) is 17.5. The molecule has 37 heavy (non-hydrogen) atoms. The van der Waals surface area contributed by atoms with E-state index in [-0.39, 0.29) is 6.04 Å². The van der Waals surface area contributed by atoms with Crippen molar-refractivity contribution in [1.82, 2.24) is 35.3 Å².